The third kappa shape index (κ3) is 1.57. The average Bonchev–Trinajstić information content (AvgIpc) is 2.45. The predicted octanol–water partition coefficient (Wildman–Crippen LogP) is 2.19. The van der Waals surface area contributed by atoms with E-state index in [9.17, 15) is 0 Å². The van der Waals surface area contributed by atoms with Crippen molar-refractivity contribution >= 4 is 0 Å². The fourth-order valence-corrected chi connectivity index (χ4v) is 1.92. The van der Waals surface area contributed by atoms with Gasteiger partial charge in [-0.3, -0.25) is 4.68 Å². The number of nitrogens with two attached hydrogens (primary N) is 1. The van der Waals surface area contributed by atoms with Crippen LogP contribution >= 0.6 is 0 Å². The molecule has 3 nitrogen and oxygen atoms in total. The monoisotopic (exact) mass is 193 g/mol. The smallest absolute Gasteiger partial charge is 0.0763 e. The first-order valence-corrected chi connectivity index (χ1v) is 5.50. The summed E-state index contributed by atoms with van der Waals surface area (Å²) >= 11 is 0. The molecule has 1 aliphatic carbocycles. The van der Waals surface area contributed by atoms with Crippen molar-refractivity contribution in [2.24, 2.45) is 5.73 Å². The van der Waals surface area contributed by atoms with Crippen LogP contribution in [0.1, 0.15) is 56.5 Å². The Bertz CT molecular complexity index is 310. The molecule has 1 saturated carbocycles. The van der Waals surface area contributed by atoms with Gasteiger partial charge in [0.15, 0.2) is 0 Å². The zero-order chi connectivity index (χ0) is 10.1. The molecule has 2 rings (SSSR count). The standard InChI is InChI=1S/C11H19N3/c1-8(2)11-6-9(7-12)13-14(11)10-4-3-5-10/h6,8,10H,3-5,7,12H2,1-2H3. The van der Waals surface area contributed by atoms with Crippen molar-refractivity contribution in [1.82, 2.24) is 9.78 Å². The van der Waals surface area contributed by atoms with Gasteiger partial charge in [-0.25, -0.2) is 0 Å². The topological polar surface area (TPSA) is 43.8 Å². The number of rotatable bonds is 3. The minimum atomic E-state index is 0.545. The summed E-state index contributed by atoms with van der Waals surface area (Å²) in [6.45, 7) is 4.98. The highest BCUT2D eigenvalue weighted by Crippen LogP contribution is 2.33. The second-order valence-electron chi connectivity index (χ2n) is 4.45. The van der Waals surface area contributed by atoms with Crippen molar-refractivity contribution in [1.29, 1.82) is 0 Å². The Hall–Kier alpha value is -0.830. The van der Waals surface area contributed by atoms with E-state index in [1.54, 1.807) is 0 Å². The number of aromatic nitrogens is 2. The molecule has 1 fully saturated rings. The van der Waals surface area contributed by atoms with Crippen LogP contribution in [0.25, 0.3) is 0 Å². The zero-order valence-corrected chi connectivity index (χ0v) is 9.03. The highest BCUT2D eigenvalue weighted by Gasteiger charge is 2.23. The highest BCUT2D eigenvalue weighted by molar-refractivity contribution is 5.15. The molecule has 0 aromatic carbocycles. The van der Waals surface area contributed by atoms with Crippen molar-refractivity contribution in [2.45, 2.75) is 51.6 Å². The molecule has 1 aliphatic rings. The van der Waals surface area contributed by atoms with E-state index in [1.165, 1.54) is 25.0 Å². The van der Waals surface area contributed by atoms with Gasteiger partial charge in [0.1, 0.15) is 0 Å². The Morgan fingerprint density at radius 3 is 2.71 bits per heavy atom. The van der Waals surface area contributed by atoms with Crippen LogP contribution in [-0.2, 0) is 6.54 Å². The van der Waals surface area contributed by atoms with Gasteiger partial charge in [0.2, 0.25) is 0 Å². The maximum absolute atomic E-state index is 5.62. The molecule has 0 bridgehead atoms. The molecule has 2 N–H and O–H groups in total. The summed E-state index contributed by atoms with van der Waals surface area (Å²) in [5.74, 6) is 0.545. The third-order valence-corrected chi connectivity index (χ3v) is 3.04. The number of nitrogens with zero attached hydrogens (tertiary/aromatic N) is 2. The quantitative estimate of drug-likeness (QED) is 0.799. The Labute approximate surface area is 85.3 Å². The van der Waals surface area contributed by atoms with Crippen LogP contribution in [0.2, 0.25) is 0 Å². The predicted molar refractivity (Wildman–Crippen MR) is 57.1 cm³/mol. The van der Waals surface area contributed by atoms with E-state index in [-0.39, 0.29) is 0 Å². The molecule has 0 atom stereocenters. The first kappa shape index (κ1) is 9.71. The summed E-state index contributed by atoms with van der Waals surface area (Å²) in [4.78, 5) is 0. The second-order valence-corrected chi connectivity index (χ2v) is 4.45. The lowest BCUT2D eigenvalue weighted by atomic mass is 9.92. The highest BCUT2D eigenvalue weighted by atomic mass is 15.3. The van der Waals surface area contributed by atoms with Crippen molar-refractivity contribution in [3.05, 3.63) is 17.5 Å². The molecule has 0 spiro atoms. The fraction of sp³-hybridized carbons (Fsp3) is 0.727. The molecule has 78 valence electrons. The Kier molecular flexibility index (Phi) is 2.59. The summed E-state index contributed by atoms with van der Waals surface area (Å²) in [6.07, 6.45) is 3.91. The molecular formula is C11H19N3. The first-order chi connectivity index (χ1) is 6.72. The fourth-order valence-electron chi connectivity index (χ4n) is 1.92. The maximum atomic E-state index is 5.62. The second kappa shape index (κ2) is 3.73. The van der Waals surface area contributed by atoms with Gasteiger partial charge in [0.05, 0.1) is 11.7 Å². The van der Waals surface area contributed by atoms with Gasteiger partial charge in [-0.1, -0.05) is 13.8 Å². The summed E-state index contributed by atoms with van der Waals surface area (Å²) in [5, 5.41) is 4.56. The summed E-state index contributed by atoms with van der Waals surface area (Å²) in [7, 11) is 0. The molecule has 14 heavy (non-hydrogen) atoms. The lowest BCUT2D eigenvalue weighted by Gasteiger charge is -2.28. The SMILES string of the molecule is CC(C)c1cc(CN)nn1C1CCC1. The van der Waals surface area contributed by atoms with E-state index in [0.29, 0.717) is 18.5 Å². The van der Waals surface area contributed by atoms with Gasteiger partial charge in [0.25, 0.3) is 0 Å². The minimum Gasteiger partial charge on any atom is -0.325 e. The van der Waals surface area contributed by atoms with Crippen molar-refractivity contribution < 1.29 is 0 Å². The van der Waals surface area contributed by atoms with Crippen LogP contribution in [0.4, 0.5) is 0 Å². The maximum Gasteiger partial charge on any atom is 0.0763 e. The summed E-state index contributed by atoms with van der Waals surface area (Å²) < 4.78 is 2.20. The van der Waals surface area contributed by atoms with Crippen LogP contribution in [0.15, 0.2) is 6.07 Å². The molecule has 1 aromatic rings. The lowest BCUT2D eigenvalue weighted by molar-refractivity contribution is 0.279. The van der Waals surface area contributed by atoms with Crippen LogP contribution in [0, 0.1) is 0 Å². The Morgan fingerprint density at radius 1 is 1.57 bits per heavy atom. The van der Waals surface area contributed by atoms with E-state index in [1.807, 2.05) is 0 Å². The molecule has 0 radical (unpaired) electrons. The van der Waals surface area contributed by atoms with Crippen LogP contribution < -0.4 is 5.73 Å². The van der Waals surface area contributed by atoms with E-state index >= 15 is 0 Å². The zero-order valence-electron chi connectivity index (χ0n) is 9.03. The van der Waals surface area contributed by atoms with Crippen molar-refractivity contribution in [3.8, 4) is 0 Å². The average molecular weight is 193 g/mol. The van der Waals surface area contributed by atoms with Crippen molar-refractivity contribution in [2.75, 3.05) is 0 Å². The molecule has 0 amide bonds. The molecule has 0 saturated heterocycles. The van der Waals surface area contributed by atoms with Crippen LogP contribution in [-0.4, -0.2) is 9.78 Å². The number of hydrogen-bond donors (Lipinski definition) is 1. The van der Waals surface area contributed by atoms with Crippen molar-refractivity contribution in [3.63, 3.8) is 0 Å². The van der Waals surface area contributed by atoms with Gasteiger partial charge >= 0.3 is 0 Å². The Morgan fingerprint density at radius 2 is 2.29 bits per heavy atom. The van der Waals surface area contributed by atoms with Gasteiger partial charge in [-0.2, -0.15) is 5.10 Å². The van der Waals surface area contributed by atoms with Gasteiger partial charge < -0.3 is 5.73 Å². The summed E-state index contributed by atoms with van der Waals surface area (Å²) in [6, 6.07) is 2.80. The largest absolute Gasteiger partial charge is 0.325 e. The van der Waals surface area contributed by atoms with Gasteiger partial charge in [0, 0.05) is 12.2 Å². The van der Waals surface area contributed by atoms with E-state index in [0.717, 1.165) is 5.69 Å². The third-order valence-electron chi connectivity index (χ3n) is 3.04. The first-order valence-electron chi connectivity index (χ1n) is 5.50. The Balaban J connectivity index is 2.30. The molecule has 0 unspecified atom stereocenters. The summed E-state index contributed by atoms with van der Waals surface area (Å²) in [5.41, 5.74) is 7.99. The van der Waals surface area contributed by atoms with Crippen LogP contribution in [0.5, 0.6) is 0 Å². The minimum absolute atomic E-state index is 0.545. The van der Waals surface area contributed by atoms with Gasteiger partial charge in [-0.05, 0) is 31.2 Å². The molecule has 1 aromatic heterocycles. The van der Waals surface area contributed by atoms with E-state index in [4.69, 9.17) is 5.73 Å². The molecule has 0 aliphatic heterocycles. The van der Waals surface area contributed by atoms with Crippen LogP contribution in [0.3, 0.4) is 0 Å². The normalized spacial score (nSPS) is 17.4. The van der Waals surface area contributed by atoms with E-state index < -0.39 is 0 Å². The lowest BCUT2D eigenvalue weighted by Crippen LogP contribution is -2.21. The molecule has 3 heteroatoms. The number of hydrogen-bond acceptors (Lipinski definition) is 2. The van der Waals surface area contributed by atoms with E-state index in [2.05, 4.69) is 29.7 Å². The van der Waals surface area contributed by atoms with Gasteiger partial charge in [-0.15, -0.1) is 0 Å². The molecule has 1 heterocycles. The molecular weight excluding hydrogens is 174 g/mol.